The lowest BCUT2D eigenvalue weighted by Gasteiger charge is -2.42. The summed E-state index contributed by atoms with van der Waals surface area (Å²) in [6.45, 7) is 2.23. The van der Waals surface area contributed by atoms with E-state index in [1.165, 1.54) is 12.0 Å². The van der Waals surface area contributed by atoms with Gasteiger partial charge in [-0.05, 0) is 36.0 Å². The predicted molar refractivity (Wildman–Crippen MR) is 63.3 cm³/mol. The van der Waals surface area contributed by atoms with Crippen molar-refractivity contribution in [3.05, 3.63) is 34.3 Å². The molecule has 1 aliphatic rings. The van der Waals surface area contributed by atoms with Crippen LogP contribution in [-0.4, -0.2) is 6.04 Å². The van der Waals surface area contributed by atoms with E-state index < -0.39 is 0 Å². The normalized spacial score (nSPS) is 31.2. The summed E-state index contributed by atoms with van der Waals surface area (Å²) in [7, 11) is 0. The van der Waals surface area contributed by atoms with Crippen molar-refractivity contribution in [1.29, 1.82) is 0 Å². The third-order valence-corrected chi connectivity index (χ3v) is 3.89. The monoisotopic (exact) mass is 253 g/mol. The SMILES string of the molecule is CCC1C(N)CC1c1ccc(Br)cc1. The van der Waals surface area contributed by atoms with Crippen LogP contribution in [0.2, 0.25) is 0 Å². The van der Waals surface area contributed by atoms with E-state index in [0.29, 0.717) is 17.9 Å². The fourth-order valence-electron chi connectivity index (χ4n) is 2.43. The summed E-state index contributed by atoms with van der Waals surface area (Å²) in [6.07, 6.45) is 2.35. The summed E-state index contributed by atoms with van der Waals surface area (Å²) in [5.74, 6) is 1.39. The van der Waals surface area contributed by atoms with Crippen molar-refractivity contribution in [3.8, 4) is 0 Å². The van der Waals surface area contributed by atoms with Gasteiger partial charge in [0.2, 0.25) is 0 Å². The van der Waals surface area contributed by atoms with Crippen LogP contribution in [0.4, 0.5) is 0 Å². The number of halogens is 1. The van der Waals surface area contributed by atoms with Gasteiger partial charge in [0.1, 0.15) is 0 Å². The molecule has 2 heteroatoms. The van der Waals surface area contributed by atoms with Gasteiger partial charge < -0.3 is 5.73 Å². The molecule has 1 fully saturated rings. The molecule has 0 saturated heterocycles. The largest absolute Gasteiger partial charge is 0.327 e. The van der Waals surface area contributed by atoms with E-state index in [1.54, 1.807) is 0 Å². The van der Waals surface area contributed by atoms with Crippen molar-refractivity contribution in [1.82, 2.24) is 0 Å². The Kier molecular flexibility index (Phi) is 2.93. The predicted octanol–water partition coefficient (Wildman–Crippen LogP) is 3.29. The second kappa shape index (κ2) is 4.03. The van der Waals surface area contributed by atoms with Gasteiger partial charge in [0.05, 0.1) is 0 Å². The number of rotatable bonds is 2. The van der Waals surface area contributed by atoms with Crippen LogP contribution in [0.25, 0.3) is 0 Å². The van der Waals surface area contributed by atoms with Crippen LogP contribution in [0.3, 0.4) is 0 Å². The molecule has 0 aliphatic heterocycles. The molecule has 0 radical (unpaired) electrons. The molecule has 14 heavy (non-hydrogen) atoms. The Morgan fingerprint density at radius 1 is 1.36 bits per heavy atom. The van der Waals surface area contributed by atoms with E-state index in [1.807, 2.05) is 0 Å². The molecule has 1 saturated carbocycles. The van der Waals surface area contributed by atoms with Crippen molar-refractivity contribution >= 4 is 15.9 Å². The van der Waals surface area contributed by atoms with Crippen molar-refractivity contribution in [2.75, 3.05) is 0 Å². The molecule has 2 rings (SSSR count). The molecule has 1 aromatic carbocycles. The summed E-state index contributed by atoms with van der Waals surface area (Å²) in [4.78, 5) is 0. The summed E-state index contributed by atoms with van der Waals surface area (Å²) in [5.41, 5.74) is 7.43. The molecular weight excluding hydrogens is 238 g/mol. The lowest BCUT2D eigenvalue weighted by atomic mass is 9.65. The topological polar surface area (TPSA) is 26.0 Å². The van der Waals surface area contributed by atoms with Gasteiger partial charge in [-0.2, -0.15) is 0 Å². The van der Waals surface area contributed by atoms with Gasteiger partial charge in [-0.25, -0.2) is 0 Å². The van der Waals surface area contributed by atoms with Crippen LogP contribution in [-0.2, 0) is 0 Å². The maximum atomic E-state index is 5.98. The van der Waals surface area contributed by atoms with E-state index in [4.69, 9.17) is 5.73 Å². The second-order valence-electron chi connectivity index (χ2n) is 4.13. The van der Waals surface area contributed by atoms with Gasteiger partial charge in [-0.3, -0.25) is 0 Å². The fraction of sp³-hybridized carbons (Fsp3) is 0.500. The average Bonchev–Trinajstić information content (AvgIpc) is 2.16. The minimum Gasteiger partial charge on any atom is -0.327 e. The summed E-state index contributed by atoms with van der Waals surface area (Å²) in [6, 6.07) is 9.08. The van der Waals surface area contributed by atoms with Gasteiger partial charge in [0.25, 0.3) is 0 Å². The average molecular weight is 254 g/mol. The molecule has 0 heterocycles. The van der Waals surface area contributed by atoms with Gasteiger partial charge in [0, 0.05) is 10.5 Å². The zero-order valence-electron chi connectivity index (χ0n) is 8.41. The third kappa shape index (κ3) is 1.73. The Labute approximate surface area is 93.8 Å². The zero-order chi connectivity index (χ0) is 10.1. The van der Waals surface area contributed by atoms with Crippen LogP contribution in [0.15, 0.2) is 28.7 Å². The Morgan fingerprint density at radius 3 is 2.50 bits per heavy atom. The highest BCUT2D eigenvalue weighted by Crippen LogP contribution is 2.43. The lowest BCUT2D eigenvalue weighted by molar-refractivity contribution is 0.198. The minimum absolute atomic E-state index is 0.425. The van der Waals surface area contributed by atoms with Crippen molar-refractivity contribution < 1.29 is 0 Å². The first-order valence-electron chi connectivity index (χ1n) is 5.23. The summed E-state index contributed by atoms with van der Waals surface area (Å²) < 4.78 is 1.15. The van der Waals surface area contributed by atoms with Gasteiger partial charge in [-0.1, -0.05) is 41.4 Å². The molecule has 0 aromatic heterocycles. The van der Waals surface area contributed by atoms with Gasteiger partial charge in [0.15, 0.2) is 0 Å². The smallest absolute Gasteiger partial charge is 0.0175 e. The molecule has 3 unspecified atom stereocenters. The first kappa shape index (κ1) is 10.2. The molecule has 0 spiro atoms. The molecule has 0 amide bonds. The summed E-state index contributed by atoms with van der Waals surface area (Å²) >= 11 is 3.45. The van der Waals surface area contributed by atoms with E-state index in [2.05, 4.69) is 47.1 Å². The van der Waals surface area contributed by atoms with E-state index in [9.17, 15) is 0 Å². The molecule has 1 aliphatic carbocycles. The number of benzene rings is 1. The van der Waals surface area contributed by atoms with E-state index in [-0.39, 0.29) is 0 Å². The molecule has 0 bridgehead atoms. The molecule has 3 atom stereocenters. The van der Waals surface area contributed by atoms with Crippen LogP contribution < -0.4 is 5.73 Å². The maximum absolute atomic E-state index is 5.98. The summed E-state index contributed by atoms with van der Waals surface area (Å²) in [5, 5.41) is 0. The number of nitrogens with two attached hydrogens (primary N) is 1. The van der Waals surface area contributed by atoms with Crippen molar-refractivity contribution in [2.24, 2.45) is 11.7 Å². The second-order valence-corrected chi connectivity index (χ2v) is 5.05. The highest BCUT2D eigenvalue weighted by Gasteiger charge is 2.37. The third-order valence-electron chi connectivity index (χ3n) is 3.36. The molecule has 76 valence electrons. The molecule has 1 nitrogen and oxygen atoms in total. The Balaban J connectivity index is 2.13. The van der Waals surface area contributed by atoms with Crippen LogP contribution in [0.5, 0.6) is 0 Å². The van der Waals surface area contributed by atoms with Crippen LogP contribution >= 0.6 is 15.9 Å². The van der Waals surface area contributed by atoms with Crippen molar-refractivity contribution in [3.63, 3.8) is 0 Å². The quantitative estimate of drug-likeness (QED) is 0.861. The van der Waals surface area contributed by atoms with E-state index in [0.717, 1.165) is 10.9 Å². The standard InChI is InChI=1S/C12H16BrN/c1-2-10-11(7-12(10)14)8-3-5-9(13)6-4-8/h3-6,10-12H,2,7,14H2,1H3. The maximum Gasteiger partial charge on any atom is 0.0175 e. The Hall–Kier alpha value is -0.340. The molecule has 2 N–H and O–H groups in total. The zero-order valence-corrected chi connectivity index (χ0v) is 10.00. The molecular formula is C12H16BrN. The highest BCUT2D eigenvalue weighted by molar-refractivity contribution is 9.10. The first-order valence-corrected chi connectivity index (χ1v) is 6.02. The Morgan fingerprint density at radius 2 is 2.00 bits per heavy atom. The Bertz CT molecular complexity index is 307. The first-order chi connectivity index (χ1) is 6.72. The minimum atomic E-state index is 0.425. The molecule has 1 aromatic rings. The highest BCUT2D eigenvalue weighted by atomic mass is 79.9. The van der Waals surface area contributed by atoms with Crippen molar-refractivity contribution in [2.45, 2.75) is 31.7 Å². The van der Waals surface area contributed by atoms with Crippen LogP contribution in [0.1, 0.15) is 31.2 Å². The fourth-order valence-corrected chi connectivity index (χ4v) is 2.69. The van der Waals surface area contributed by atoms with Crippen LogP contribution in [0, 0.1) is 5.92 Å². The van der Waals surface area contributed by atoms with E-state index >= 15 is 0 Å². The number of hydrogen-bond donors (Lipinski definition) is 1. The lowest BCUT2D eigenvalue weighted by Crippen LogP contribution is -2.45. The van der Waals surface area contributed by atoms with Gasteiger partial charge in [-0.15, -0.1) is 0 Å². The number of hydrogen-bond acceptors (Lipinski definition) is 1. The van der Waals surface area contributed by atoms with Gasteiger partial charge >= 0.3 is 0 Å².